The molecule has 2 heterocycles. The lowest BCUT2D eigenvalue weighted by Gasteiger charge is -2.30. The zero-order valence-corrected chi connectivity index (χ0v) is 7.28. The van der Waals surface area contributed by atoms with E-state index in [1.165, 1.54) is 11.8 Å². The van der Waals surface area contributed by atoms with E-state index in [0.29, 0.717) is 13.1 Å². The van der Waals surface area contributed by atoms with Crippen molar-refractivity contribution in [3.63, 3.8) is 0 Å². The quantitative estimate of drug-likeness (QED) is 0.589. The van der Waals surface area contributed by atoms with E-state index in [-0.39, 0.29) is 23.4 Å². The maximum atomic E-state index is 11.5. The Morgan fingerprint density at radius 3 is 3.15 bits per heavy atom. The molecule has 70 valence electrons. The van der Waals surface area contributed by atoms with E-state index >= 15 is 0 Å². The van der Waals surface area contributed by atoms with Crippen molar-refractivity contribution in [2.75, 3.05) is 13.1 Å². The summed E-state index contributed by atoms with van der Waals surface area (Å²) in [5.74, 6) is -0.552. The van der Waals surface area contributed by atoms with E-state index in [0.717, 1.165) is 6.42 Å². The van der Waals surface area contributed by atoms with Crippen LogP contribution in [0, 0.1) is 0 Å². The van der Waals surface area contributed by atoms with Crippen LogP contribution in [-0.4, -0.2) is 35.0 Å². The number of nitrogens with zero attached hydrogens (tertiary/aromatic N) is 2. The van der Waals surface area contributed by atoms with Crippen molar-refractivity contribution in [1.29, 1.82) is 0 Å². The predicted molar refractivity (Wildman–Crippen MR) is 45.0 cm³/mol. The summed E-state index contributed by atoms with van der Waals surface area (Å²) < 4.78 is 4.96. The number of hydrogen-bond donors (Lipinski definition) is 1. The van der Waals surface area contributed by atoms with Crippen LogP contribution in [-0.2, 0) is 9.53 Å². The summed E-state index contributed by atoms with van der Waals surface area (Å²) in [6, 6.07) is 0.222. The van der Waals surface area contributed by atoms with Crippen LogP contribution in [0.5, 0.6) is 0 Å². The number of carbonyl (C=O) groups excluding carboxylic acids is 1. The summed E-state index contributed by atoms with van der Waals surface area (Å²) in [4.78, 5) is 17.0. The summed E-state index contributed by atoms with van der Waals surface area (Å²) in [5.41, 5.74) is 0.237. The Labute approximate surface area is 75.3 Å². The fourth-order valence-electron chi connectivity index (χ4n) is 1.32. The van der Waals surface area contributed by atoms with Gasteiger partial charge in [-0.3, -0.25) is 9.69 Å². The SMILES string of the molecule is CC1=C(O)OC2=NCCCN2C1=O. The van der Waals surface area contributed by atoms with Crippen LogP contribution in [0.3, 0.4) is 0 Å². The Hall–Kier alpha value is -1.52. The van der Waals surface area contributed by atoms with Gasteiger partial charge in [0.2, 0.25) is 0 Å². The molecule has 0 unspecified atom stereocenters. The molecule has 2 aliphatic heterocycles. The van der Waals surface area contributed by atoms with Crippen molar-refractivity contribution in [3.05, 3.63) is 11.5 Å². The Morgan fingerprint density at radius 1 is 1.62 bits per heavy atom. The van der Waals surface area contributed by atoms with Gasteiger partial charge in [0.25, 0.3) is 11.9 Å². The summed E-state index contributed by atoms with van der Waals surface area (Å²) in [6.07, 6.45) is 0.840. The van der Waals surface area contributed by atoms with Gasteiger partial charge in [-0.1, -0.05) is 0 Å². The fourth-order valence-corrected chi connectivity index (χ4v) is 1.32. The summed E-state index contributed by atoms with van der Waals surface area (Å²) in [7, 11) is 0. The third-order valence-electron chi connectivity index (χ3n) is 2.09. The number of aliphatic hydroxyl groups is 1. The minimum Gasteiger partial charge on any atom is -0.480 e. The highest BCUT2D eigenvalue weighted by Gasteiger charge is 2.32. The van der Waals surface area contributed by atoms with Crippen LogP contribution in [0.2, 0.25) is 0 Å². The maximum absolute atomic E-state index is 11.5. The number of amides is 1. The van der Waals surface area contributed by atoms with Gasteiger partial charge in [0.05, 0.1) is 5.57 Å². The first-order chi connectivity index (χ1) is 6.20. The van der Waals surface area contributed by atoms with Gasteiger partial charge in [-0.05, 0) is 13.3 Å². The van der Waals surface area contributed by atoms with E-state index in [9.17, 15) is 9.90 Å². The molecule has 0 saturated heterocycles. The van der Waals surface area contributed by atoms with Crippen LogP contribution in [0.1, 0.15) is 13.3 Å². The van der Waals surface area contributed by atoms with Crippen LogP contribution in [0.4, 0.5) is 0 Å². The molecule has 0 aromatic heterocycles. The summed E-state index contributed by atoms with van der Waals surface area (Å²) >= 11 is 0. The smallest absolute Gasteiger partial charge is 0.302 e. The lowest BCUT2D eigenvalue weighted by Crippen LogP contribution is -2.45. The molecule has 2 rings (SSSR count). The Morgan fingerprint density at radius 2 is 2.38 bits per heavy atom. The molecule has 0 fully saturated rings. The second-order valence-corrected chi connectivity index (χ2v) is 3.01. The first-order valence-electron chi connectivity index (χ1n) is 4.14. The molecule has 2 aliphatic rings. The highest BCUT2D eigenvalue weighted by atomic mass is 16.6. The monoisotopic (exact) mass is 182 g/mol. The van der Waals surface area contributed by atoms with Gasteiger partial charge >= 0.3 is 6.02 Å². The second kappa shape index (κ2) is 2.76. The van der Waals surface area contributed by atoms with Crippen LogP contribution >= 0.6 is 0 Å². The molecule has 1 amide bonds. The first-order valence-corrected chi connectivity index (χ1v) is 4.14. The first kappa shape index (κ1) is 8.10. The molecule has 1 N–H and O–H groups in total. The van der Waals surface area contributed by atoms with Gasteiger partial charge in [0, 0.05) is 13.1 Å². The minimum atomic E-state index is -0.332. The van der Waals surface area contributed by atoms with Crippen molar-refractivity contribution < 1.29 is 14.6 Å². The van der Waals surface area contributed by atoms with E-state index in [2.05, 4.69) is 4.99 Å². The predicted octanol–water partition coefficient (Wildman–Crippen LogP) is 0.394. The molecular weight excluding hydrogens is 172 g/mol. The van der Waals surface area contributed by atoms with Crippen molar-refractivity contribution in [2.24, 2.45) is 4.99 Å². The zero-order chi connectivity index (χ0) is 9.42. The van der Waals surface area contributed by atoms with Gasteiger partial charge in [-0.15, -0.1) is 0 Å². The number of aliphatic hydroxyl groups excluding tert-OH is 1. The zero-order valence-electron chi connectivity index (χ0n) is 7.28. The number of carbonyl (C=O) groups is 1. The molecular formula is C8H10N2O3. The van der Waals surface area contributed by atoms with Gasteiger partial charge in [-0.25, -0.2) is 4.99 Å². The number of rotatable bonds is 0. The third-order valence-corrected chi connectivity index (χ3v) is 2.09. The highest BCUT2D eigenvalue weighted by molar-refractivity contribution is 6.06. The highest BCUT2D eigenvalue weighted by Crippen LogP contribution is 2.18. The van der Waals surface area contributed by atoms with Crippen LogP contribution in [0.15, 0.2) is 16.5 Å². The van der Waals surface area contributed by atoms with Crippen molar-refractivity contribution in [1.82, 2.24) is 4.90 Å². The number of aliphatic imine (C=N–C) groups is 1. The number of ether oxygens (including phenoxy) is 1. The fraction of sp³-hybridized carbons (Fsp3) is 0.500. The molecule has 0 bridgehead atoms. The van der Waals surface area contributed by atoms with E-state index in [1.807, 2.05) is 0 Å². The molecule has 0 aromatic carbocycles. The van der Waals surface area contributed by atoms with E-state index in [1.54, 1.807) is 0 Å². The summed E-state index contributed by atoms with van der Waals surface area (Å²) in [6.45, 7) is 2.79. The van der Waals surface area contributed by atoms with Crippen LogP contribution < -0.4 is 0 Å². The Bertz CT molecular complexity index is 317. The van der Waals surface area contributed by atoms with E-state index < -0.39 is 0 Å². The maximum Gasteiger partial charge on any atom is 0.302 e. The molecule has 13 heavy (non-hydrogen) atoms. The molecule has 0 radical (unpaired) electrons. The molecule has 0 saturated carbocycles. The Balaban J connectivity index is 2.38. The largest absolute Gasteiger partial charge is 0.480 e. The normalized spacial score (nSPS) is 22.4. The molecule has 5 nitrogen and oxygen atoms in total. The number of fused-ring (bicyclic) bond motifs is 1. The van der Waals surface area contributed by atoms with Crippen molar-refractivity contribution in [3.8, 4) is 0 Å². The molecule has 0 aromatic rings. The molecule has 0 spiro atoms. The van der Waals surface area contributed by atoms with Gasteiger partial charge in [0.15, 0.2) is 0 Å². The lowest BCUT2D eigenvalue weighted by molar-refractivity contribution is -0.126. The van der Waals surface area contributed by atoms with Crippen LogP contribution in [0.25, 0.3) is 0 Å². The summed E-state index contributed by atoms with van der Waals surface area (Å²) in [5, 5.41) is 9.22. The second-order valence-electron chi connectivity index (χ2n) is 3.01. The molecule has 0 aliphatic carbocycles. The third kappa shape index (κ3) is 1.16. The Kier molecular flexibility index (Phi) is 1.72. The van der Waals surface area contributed by atoms with Gasteiger partial charge in [0.1, 0.15) is 0 Å². The lowest BCUT2D eigenvalue weighted by atomic mass is 10.2. The van der Waals surface area contributed by atoms with Gasteiger partial charge in [-0.2, -0.15) is 0 Å². The molecule has 5 heteroatoms. The molecule has 0 atom stereocenters. The minimum absolute atomic E-state index is 0.220. The standard InChI is InChI=1S/C8H10N2O3/c1-5-6(11)10-4-2-3-9-8(10)13-7(5)12/h12H,2-4H2,1H3. The van der Waals surface area contributed by atoms with Crippen molar-refractivity contribution >= 4 is 11.9 Å². The topological polar surface area (TPSA) is 62.1 Å². The average Bonchev–Trinajstić information content (AvgIpc) is 2.15. The van der Waals surface area contributed by atoms with Crippen molar-refractivity contribution in [2.45, 2.75) is 13.3 Å². The van der Waals surface area contributed by atoms with E-state index in [4.69, 9.17) is 4.74 Å². The average molecular weight is 182 g/mol. The van der Waals surface area contributed by atoms with Gasteiger partial charge < -0.3 is 9.84 Å². The number of hydrogen-bond acceptors (Lipinski definition) is 4. The number of amidine groups is 1.